The highest BCUT2D eigenvalue weighted by Gasteiger charge is 2.25. The molecule has 0 unspecified atom stereocenters. The van der Waals surface area contributed by atoms with Gasteiger partial charge in [0.05, 0.1) is 24.6 Å². The number of hydrogen-bond donors (Lipinski definition) is 0. The minimum atomic E-state index is -0.973. The minimum Gasteiger partial charge on any atom is -0.0776 e. The maximum atomic E-state index is 6.04. The molecule has 0 spiro atoms. The van der Waals surface area contributed by atoms with Crippen molar-refractivity contribution >= 4 is 68.8 Å². The van der Waals surface area contributed by atoms with E-state index in [2.05, 4.69) is 85.6 Å². The van der Waals surface area contributed by atoms with E-state index in [-0.39, 0.29) is 14.9 Å². The van der Waals surface area contributed by atoms with Crippen LogP contribution in [0.5, 0.6) is 0 Å². The Labute approximate surface area is 180 Å². The Morgan fingerprint density at radius 1 is 0.565 bits per heavy atom. The van der Waals surface area contributed by atoms with E-state index >= 15 is 0 Å². The SMILES string of the molecule is C.C.CCC.[B][P+](I)(CCC)CCC.[B][P+](I)(CCC)CCC. The zero-order valence-electron chi connectivity index (χ0n) is 15.2. The average Bonchev–Trinajstić information content (AvgIpc) is 2.30. The lowest BCUT2D eigenvalue weighted by atomic mass is 10.6. The second kappa shape index (κ2) is 24.4. The second-order valence-corrected chi connectivity index (χ2v) is 22.5. The molecule has 0 fully saturated rings. The van der Waals surface area contributed by atoms with Crippen LogP contribution in [0.2, 0.25) is 0 Å². The summed E-state index contributed by atoms with van der Waals surface area (Å²) in [5, 5.41) is 0. The van der Waals surface area contributed by atoms with Crippen molar-refractivity contribution in [1.82, 2.24) is 0 Å². The number of hydrogen-bond acceptors (Lipinski definition) is 0. The van der Waals surface area contributed by atoms with Crippen LogP contribution in [0.1, 0.15) is 88.5 Å². The van der Waals surface area contributed by atoms with Gasteiger partial charge in [-0.3, -0.25) is 0 Å². The van der Waals surface area contributed by atoms with E-state index in [1.54, 1.807) is 0 Å². The van der Waals surface area contributed by atoms with E-state index in [0.29, 0.717) is 0 Å². The third-order valence-corrected chi connectivity index (χ3v) is 12.9. The van der Waals surface area contributed by atoms with Crippen molar-refractivity contribution in [2.24, 2.45) is 0 Å². The summed E-state index contributed by atoms with van der Waals surface area (Å²) in [6.07, 6.45) is 11.2. The predicted octanol–water partition coefficient (Wildman–Crippen LogP) is 9.20. The Kier molecular flexibility index (Phi) is 38.7. The largest absolute Gasteiger partial charge is 0.375 e. The van der Waals surface area contributed by atoms with Gasteiger partial charge in [-0.1, -0.05) is 62.8 Å². The molecule has 140 valence electrons. The van der Waals surface area contributed by atoms with Gasteiger partial charge in [0.25, 0.3) is 0 Å². The zero-order chi connectivity index (χ0) is 17.4. The molecule has 0 atom stereocenters. The first-order valence-corrected chi connectivity index (χ1v) is 18.4. The van der Waals surface area contributed by atoms with Crippen molar-refractivity contribution in [3.63, 3.8) is 0 Å². The molecule has 0 saturated heterocycles. The predicted molar refractivity (Wildman–Crippen MR) is 143 cm³/mol. The fourth-order valence-electron chi connectivity index (χ4n) is 1.71. The van der Waals surface area contributed by atoms with E-state index in [1.807, 2.05) is 0 Å². The second-order valence-electron chi connectivity index (χ2n) is 5.45. The molecular weight excluding hydrogens is 542 g/mol. The third-order valence-electron chi connectivity index (χ3n) is 2.38. The van der Waals surface area contributed by atoms with E-state index in [0.717, 1.165) is 0 Å². The average molecular weight is 586 g/mol. The molecule has 0 aliphatic heterocycles. The van der Waals surface area contributed by atoms with Crippen LogP contribution in [-0.2, 0) is 0 Å². The molecule has 0 aliphatic rings. The summed E-state index contributed by atoms with van der Waals surface area (Å²) < 4.78 is 0. The van der Waals surface area contributed by atoms with Crippen LogP contribution in [0, 0.1) is 0 Å². The summed E-state index contributed by atoms with van der Waals surface area (Å²) >= 11 is 4.93. The first kappa shape index (κ1) is 36.4. The Balaban J connectivity index is -0.0000000746. The lowest BCUT2D eigenvalue weighted by Crippen LogP contribution is -1.94. The van der Waals surface area contributed by atoms with Crippen LogP contribution >= 0.6 is 53.6 Å². The van der Waals surface area contributed by atoms with E-state index in [1.165, 1.54) is 56.8 Å². The van der Waals surface area contributed by atoms with Crippen LogP contribution in [0.4, 0.5) is 0 Å². The Bertz CT molecular complexity index is 169. The fourth-order valence-corrected chi connectivity index (χ4v) is 10.9. The third kappa shape index (κ3) is 36.2. The van der Waals surface area contributed by atoms with Crippen molar-refractivity contribution in [1.29, 1.82) is 0 Å². The molecule has 0 heterocycles. The van der Waals surface area contributed by atoms with E-state index < -0.39 is 9.57 Å². The smallest absolute Gasteiger partial charge is 0.0776 e. The van der Waals surface area contributed by atoms with Gasteiger partial charge >= 0.3 is 15.1 Å². The van der Waals surface area contributed by atoms with E-state index in [9.17, 15) is 0 Å². The molecular formula is C17H44B2I2P2+2. The van der Waals surface area contributed by atoms with Crippen LogP contribution in [-0.4, -0.2) is 39.8 Å². The normalized spacial score (nSPS) is 10.1. The van der Waals surface area contributed by atoms with Gasteiger partial charge in [0, 0.05) is 9.57 Å². The van der Waals surface area contributed by atoms with Gasteiger partial charge in [0.2, 0.25) is 0 Å². The van der Waals surface area contributed by atoms with Crippen molar-refractivity contribution in [2.75, 3.05) is 24.6 Å². The lowest BCUT2D eigenvalue weighted by molar-refractivity contribution is 1.06. The highest BCUT2D eigenvalue weighted by atomic mass is 127. The number of halogens is 2. The maximum Gasteiger partial charge on any atom is 0.375 e. The van der Waals surface area contributed by atoms with Gasteiger partial charge in [-0.25, -0.2) is 0 Å². The molecule has 0 N–H and O–H groups in total. The zero-order valence-corrected chi connectivity index (χ0v) is 21.3. The summed E-state index contributed by atoms with van der Waals surface area (Å²) in [7, 11) is 12.1. The molecule has 0 amide bonds. The van der Waals surface area contributed by atoms with Gasteiger partial charge in [-0.15, -0.1) is 0 Å². The molecule has 0 rings (SSSR count). The molecule has 0 saturated carbocycles. The van der Waals surface area contributed by atoms with Crippen LogP contribution in [0.25, 0.3) is 0 Å². The highest BCUT2D eigenvalue weighted by molar-refractivity contribution is 14.2. The first-order chi connectivity index (χ1) is 9.66. The van der Waals surface area contributed by atoms with Crippen LogP contribution in [0.3, 0.4) is 0 Å². The van der Waals surface area contributed by atoms with Crippen LogP contribution in [0.15, 0.2) is 0 Å². The minimum absolute atomic E-state index is 0. The Morgan fingerprint density at radius 2 is 0.696 bits per heavy atom. The number of rotatable bonds is 8. The highest BCUT2D eigenvalue weighted by Crippen LogP contribution is 2.63. The summed E-state index contributed by atoms with van der Waals surface area (Å²) in [5.41, 5.74) is 0. The molecule has 0 aliphatic carbocycles. The summed E-state index contributed by atoms with van der Waals surface area (Å²) in [5.74, 6) is 0. The van der Waals surface area contributed by atoms with Gasteiger partial charge in [0.1, 0.15) is 44.1 Å². The monoisotopic (exact) mass is 586 g/mol. The summed E-state index contributed by atoms with van der Waals surface area (Å²) in [6, 6.07) is 0. The molecule has 0 aromatic carbocycles. The van der Waals surface area contributed by atoms with Crippen molar-refractivity contribution in [2.45, 2.75) is 88.5 Å². The van der Waals surface area contributed by atoms with Crippen molar-refractivity contribution < 1.29 is 0 Å². The molecule has 0 bridgehead atoms. The topological polar surface area (TPSA) is 0 Å². The van der Waals surface area contributed by atoms with Gasteiger partial charge in [0.15, 0.2) is 0 Å². The van der Waals surface area contributed by atoms with Crippen molar-refractivity contribution in [3.8, 4) is 0 Å². The van der Waals surface area contributed by atoms with Gasteiger partial charge in [-0.2, -0.15) is 0 Å². The van der Waals surface area contributed by atoms with Gasteiger partial charge in [-0.05, 0) is 25.7 Å². The van der Waals surface area contributed by atoms with Gasteiger partial charge < -0.3 is 0 Å². The summed E-state index contributed by atoms with van der Waals surface area (Å²) in [4.78, 5) is -1.95. The van der Waals surface area contributed by atoms with Crippen LogP contribution < -0.4 is 0 Å². The molecule has 0 nitrogen and oxygen atoms in total. The van der Waals surface area contributed by atoms with E-state index in [4.69, 9.17) is 15.1 Å². The maximum absolute atomic E-state index is 6.04. The molecule has 6 heteroatoms. The Hall–Kier alpha value is 2.45. The Morgan fingerprint density at radius 3 is 0.783 bits per heavy atom. The lowest BCUT2D eigenvalue weighted by Gasteiger charge is -2.12. The molecule has 0 aromatic heterocycles. The van der Waals surface area contributed by atoms with Crippen molar-refractivity contribution in [3.05, 3.63) is 0 Å². The molecule has 23 heavy (non-hydrogen) atoms. The quantitative estimate of drug-likeness (QED) is 0.151. The molecule has 4 radical (unpaired) electrons. The standard InChI is InChI=1S/2C6H14BIP.C3H8.2CH4/c2*1-3-5-9(7,8)6-4-2;1-3-2;;/h2*3-6H2,1-2H3;3H2,1-2H3;2*1H4/q2*+1;;;. The summed E-state index contributed by atoms with van der Waals surface area (Å²) in [6.45, 7) is 13.1. The molecule has 0 aromatic rings. The fraction of sp³-hybridized carbons (Fsp3) is 1.00. The first-order valence-electron chi connectivity index (χ1n) is 8.36.